The highest BCUT2D eigenvalue weighted by atomic mass is 19.1. The molecule has 3 heteroatoms. The zero-order chi connectivity index (χ0) is 9.14. The van der Waals surface area contributed by atoms with Crippen LogP contribution in [0.25, 0.3) is 0 Å². The van der Waals surface area contributed by atoms with Crippen molar-refractivity contribution in [3.8, 4) is 0 Å². The summed E-state index contributed by atoms with van der Waals surface area (Å²) in [5.74, 6) is -0.422. The lowest BCUT2D eigenvalue weighted by molar-refractivity contribution is 0.272. The average molecular weight is 170 g/mol. The molecule has 0 bridgehead atoms. The summed E-state index contributed by atoms with van der Waals surface area (Å²) in [5, 5.41) is 17.6. The third-order valence-corrected chi connectivity index (χ3v) is 1.93. The Morgan fingerprint density at radius 2 is 1.58 bits per heavy atom. The second-order valence-electron chi connectivity index (χ2n) is 2.67. The fraction of sp³-hybridized carbons (Fsp3) is 0.333. The first-order valence-corrected chi connectivity index (χ1v) is 3.68. The molecule has 0 atom stereocenters. The van der Waals surface area contributed by atoms with Gasteiger partial charge in [-0.1, -0.05) is 0 Å². The fourth-order valence-electron chi connectivity index (χ4n) is 1.13. The molecule has 0 aliphatic rings. The summed E-state index contributed by atoms with van der Waals surface area (Å²) in [6, 6.07) is 2.54. The SMILES string of the molecule is Cc1c(CO)cc(F)cc1CO. The molecule has 0 fully saturated rings. The molecule has 0 spiro atoms. The van der Waals surface area contributed by atoms with E-state index >= 15 is 0 Å². The van der Waals surface area contributed by atoms with E-state index in [-0.39, 0.29) is 13.2 Å². The summed E-state index contributed by atoms with van der Waals surface area (Å²) in [5.41, 5.74) is 1.81. The Morgan fingerprint density at radius 1 is 1.17 bits per heavy atom. The lowest BCUT2D eigenvalue weighted by Gasteiger charge is -2.07. The molecule has 0 saturated heterocycles. The molecule has 2 nitrogen and oxygen atoms in total. The number of rotatable bonds is 2. The number of benzene rings is 1. The van der Waals surface area contributed by atoms with E-state index in [4.69, 9.17) is 10.2 Å². The largest absolute Gasteiger partial charge is 0.392 e. The first kappa shape index (κ1) is 9.16. The summed E-state index contributed by atoms with van der Waals surface area (Å²) in [7, 11) is 0. The summed E-state index contributed by atoms with van der Waals surface area (Å²) < 4.78 is 12.8. The molecule has 1 aromatic rings. The number of halogens is 1. The van der Waals surface area contributed by atoms with Crippen LogP contribution in [0.5, 0.6) is 0 Å². The molecule has 0 unspecified atom stereocenters. The molecule has 0 aliphatic heterocycles. The van der Waals surface area contributed by atoms with Gasteiger partial charge in [0.15, 0.2) is 0 Å². The molecule has 12 heavy (non-hydrogen) atoms. The monoisotopic (exact) mass is 170 g/mol. The van der Waals surface area contributed by atoms with Crippen molar-refractivity contribution in [1.29, 1.82) is 0 Å². The van der Waals surface area contributed by atoms with Crippen molar-refractivity contribution in [2.24, 2.45) is 0 Å². The number of aliphatic hydroxyl groups is 2. The van der Waals surface area contributed by atoms with Crippen LogP contribution in [-0.2, 0) is 13.2 Å². The first-order chi connectivity index (χ1) is 5.69. The van der Waals surface area contributed by atoms with Gasteiger partial charge >= 0.3 is 0 Å². The van der Waals surface area contributed by atoms with E-state index in [1.807, 2.05) is 0 Å². The predicted molar refractivity (Wildman–Crippen MR) is 43.0 cm³/mol. The van der Waals surface area contributed by atoms with Crippen LogP contribution in [0, 0.1) is 12.7 Å². The molecule has 0 aliphatic carbocycles. The molecule has 0 aromatic heterocycles. The Morgan fingerprint density at radius 3 is 1.92 bits per heavy atom. The van der Waals surface area contributed by atoms with Crippen LogP contribution in [0.4, 0.5) is 4.39 Å². The van der Waals surface area contributed by atoms with Gasteiger partial charge in [-0.2, -0.15) is 0 Å². The summed E-state index contributed by atoms with van der Waals surface area (Å²) in [6.45, 7) is 1.35. The molecule has 1 aromatic carbocycles. The van der Waals surface area contributed by atoms with Gasteiger partial charge in [0.05, 0.1) is 13.2 Å². The Labute approximate surface area is 70.3 Å². The minimum absolute atomic E-state index is 0.198. The minimum Gasteiger partial charge on any atom is -0.392 e. The minimum atomic E-state index is -0.422. The van der Waals surface area contributed by atoms with Crippen molar-refractivity contribution in [2.45, 2.75) is 20.1 Å². The Hall–Kier alpha value is -0.930. The van der Waals surface area contributed by atoms with Crippen molar-refractivity contribution < 1.29 is 14.6 Å². The third kappa shape index (κ3) is 1.62. The molecular weight excluding hydrogens is 159 g/mol. The Bertz CT molecular complexity index is 259. The lowest BCUT2D eigenvalue weighted by Crippen LogP contribution is -1.97. The van der Waals surface area contributed by atoms with Gasteiger partial charge in [0.1, 0.15) is 5.82 Å². The van der Waals surface area contributed by atoms with Gasteiger partial charge in [-0.25, -0.2) is 4.39 Å². The Kier molecular flexibility index (Phi) is 2.78. The van der Waals surface area contributed by atoms with Crippen LogP contribution >= 0.6 is 0 Å². The van der Waals surface area contributed by atoms with Crippen molar-refractivity contribution in [3.05, 3.63) is 34.6 Å². The van der Waals surface area contributed by atoms with E-state index in [9.17, 15) is 4.39 Å². The van der Waals surface area contributed by atoms with Gasteiger partial charge in [0.2, 0.25) is 0 Å². The van der Waals surface area contributed by atoms with Crippen LogP contribution < -0.4 is 0 Å². The molecule has 2 N–H and O–H groups in total. The Balaban J connectivity index is 3.22. The standard InChI is InChI=1S/C9H11FO2/c1-6-7(4-11)2-9(10)3-8(6)5-12/h2-3,11-12H,4-5H2,1H3. The van der Waals surface area contributed by atoms with Crippen LogP contribution in [-0.4, -0.2) is 10.2 Å². The highest BCUT2D eigenvalue weighted by molar-refractivity contribution is 5.33. The van der Waals surface area contributed by atoms with E-state index in [1.54, 1.807) is 6.92 Å². The first-order valence-electron chi connectivity index (χ1n) is 3.68. The van der Waals surface area contributed by atoms with E-state index in [2.05, 4.69) is 0 Å². The number of aliphatic hydroxyl groups excluding tert-OH is 2. The van der Waals surface area contributed by atoms with Crippen LogP contribution in [0.2, 0.25) is 0 Å². The molecule has 66 valence electrons. The maximum Gasteiger partial charge on any atom is 0.123 e. The van der Waals surface area contributed by atoms with Gasteiger partial charge in [0, 0.05) is 0 Å². The summed E-state index contributed by atoms with van der Waals surface area (Å²) >= 11 is 0. The zero-order valence-electron chi connectivity index (χ0n) is 6.84. The maximum atomic E-state index is 12.8. The van der Waals surface area contributed by atoms with Crippen LogP contribution in [0.15, 0.2) is 12.1 Å². The van der Waals surface area contributed by atoms with Gasteiger partial charge in [0.25, 0.3) is 0 Å². The average Bonchev–Trinajstić information content (AvgIpc) is 2.08. The van der Waals surface area contributed by atoms with Gasteiger partial charge in [-0.15, -0.1) is 0 Å². The highest BCUT2D eigenvalue weighted by Crippen LogP contribution is 2.16. The van der Waals surface area contributed by atoms with Crippen molar-refractivity contribution in [1.82, 2.24) is 0 Å². The molecule has 0 radical (unpaired) electrons. The van der Waals surface area contributed by atoms with E-state index < -0.39 is 5.82 Å². The van der Waals surface area contributed by atoms with E-state index in [1.165, 1.54) is 12.1 Å². The molecule has 0 heterocycles. The van der Waals surface area contributed by atoms with Crippen LogP contribution in [0.3, 0.4) is 0 Å². The molecule has 0 saturated carbocycles. The number of hydrogen-bond acceptors (Lipinski definition) is 2. The third-order valence-electron chi connectivity index (χ3n) is 1.93. The van der Waals surface area contributed by atoms with Crippen molar-refractivity contribution in [3.63, 3.8) is 0 Å². The molecule has 1 rings (SSSR count). The van der Waals surface area contributed by atoms with Crippen molar-refractivity contribution in [2.75, 3.05) is 0 Å². The molecular formula is C9H11FO2. The van der Waals surface area contributed by atoms with Crippen LogP contribution in [0.1, 0.15) is 16.7 Å². The smallest absolute Gasteiger partial charge is 0.123 e. The highest BCUT2D eigenvalue weighted by Gasteiger charge is 2.05. The summed E-state index contributed by atoms with van der Waals surface area (Å²) in [4.78, 5) is 0. The quantitative estimate of drug-likeness (QED) is 0.698. The van der Waals surface area contributed by atoms with E-state index in [0.29, 0.717) is 11.1 Å². The second-order valence-corrected chi connectivity index (χ2v) is 2.67. The fourth-order valence-corrected chi connectivity index (χ4v) is 1.13. The van der Waals surface area contributed by atoms with Gasteiger partial charge in [-0.05, 0) is 35.7 Å². The van der Waals surface area contributed by atoms with Gasteiger partial charge in [-0.3, -0.25) is 0 Å². The summed E-state index contributed by atoms with van der Waals surface area (Å²) in [6.07, 6.45) is 0. The normalized spacial score (nSPS) is 10.3. The van der Waals surface area contributed by atoms with Crippen molar-refractivity contribution >= 4 is 0 Å². The van der Waals surface area contributed by atoms with Gasteiger partial charge < -0.3 is 10.2 Å². The maximum absolute atomic E-state index is 12.8. The number of hydrogen-bond donors (Lipinski definition) is 2. The second kappa shape index (κ2) is 3.65. The van der Waals surface area contributed by atoms with E-state index in [0.717, 1.165) is 5.56 Å². The topological polar surface area (TPSA) is 40.5 Å². The molecule has 0 amide bonds. The lowest BCUT2D eigenvalue weighted by atomic mass is 10.0. The zero-order valence-corrected chi connectivity index (χ0v) is 6.84. The predicted octanol–water partition coefficient (Wildman–Crippen LogP) is 1.12.